The molecule has 8 heteroatoms. The molecule has 0 bridgehead atoms. The van der Waals surface area contributed by atoms with Crippen molar-refractivity contribution in [2.45, 2.75) is 38.6 Å². The number of aromatic nitrogens is 2. The second-order valence-electron chi connectivity index (χ2n) is 8.27. The van der Waals surface area contributed by atoms with Crippen molar-refractivity contribution < 1.29 is 9.59 Å². The molecular weight excluding hydrogens is 380 g/mol. The number of fused-ring (bicyclic) bond motifs is 1. The van der Waals surface area contributed by atoms with Gasteiger partial charge in [-0.25, -0.2) is 4.79 Å². The number of likely N-dealkylation sites (tertiary alicyclic amines) is 1. The summed E-state index contributed by atoms with van der Waals surface area (Å²) in [6, 6.07) is 4.44. The van der Waals surface area contributed by atoms with Crippen LogP contribution in [0.15, 0.2) is 18.3 Å². The van der Waals surface area contributed by atoms with Crippen molar-refractivity contribution in [3.05, 3.63) is 35.9 Å². The second-order valence-corrected chi connectivity index (χ2v) is 8.27. The molecule has 0 saturated carbocycles. The maximum Gasteiger partial charge on any atom is 0.314 e. The molecule has 3 amide bonds. The summed E-state index contributed by atoms with van der Waals surface area (Å²) in [6.07, 6.45) is 7.19. The highest BCUT2D eigenvalue weighted by Gasteiger charge is 2.29. The Balaban J connectivity index is 1.25. The predicted octanol–water partition coefficient (Wildman–Crippen LogP) is 1.56. The van der Waals surface area contributed by atoms with E-state index in [1.165, 1.54) is 5.56 Å². The summed E-state index contributed by atoms with van der Waals surface area (Å²) < 4.78 is 0. The lowest BCUT2D eigenvalue weighted by Gasteiger charge is -2.42. The number of hydrogen-bond acceptors (Lipinski definition) is 4. The molecule has 2 aromatic rings. The molecule has 3 N–H and O–H groups in total. The molecule has 0 aliphatic carbocycles. The molecule has 4 rings (SSSR count). The third-order valence-corrected chi connectivity index (χ3v) is 6.50. The van der Waals surface area contributed by atoms with Crippen molar-refractivity contribution in [1.29, 1.82) is 0 Å². The Hall–Kier alpha value is -2.61. The first-order chi connectivity index (χ1) is 14.5. The van der Waals surface area contributed by atoms with Crippen LogP contribution in [0.1, 0.15) is 30.9 Å². The zero-order valence-corrected chi connectivity index (χ0v) is 17.6. The van der Waals surface area contributed by atoms with Gasteiger partial charge in [-0.3, -0.25) is 14.8 Å². The minimum absolute atomic E-state index is 0.123. The van der Waals surface area contributed by atoms with Gasteiger partial charge in [-0.05, 0) is 42.9 Å². The van der Waals surface area contributed by atoms with Crippen LogP contribution < -0.4 is 5.73 Å². The monoisotopic (exact) mass is 411 g/mol. The van der Waals surface area contributed by atoms with Gasteiger partial charge in [-0.1, -0.05) is 13.0 Å². The van der Waals surface area contributed by atoms with E-state index in [0.717, 1.165) is 61.9 Å². The van der Waals surface area contributed by atoms with Gasteiger partial charge in [-0.15, -0.1) is 0 Å². The number of urea groups is 1. The zero-order valence-electron chi connectivity index (χ0n) is 17.6. The molecule has 2 saturated heterocycles. The van der Waals surface area contributed by atoms with Crippen LogP contribution in [0, 0.1) is 6.42 Å². The molecule has 30 heavy (non-hydrogen) atoms. The summed E-state index contributed by atoms with van der Waals surface area (Å²) in [4.78, 5) is 30.1. The minimum Gasteiger partial charge on any atom is -0.351 e. The third kappa shape index (κ3) is 4.43. The Morgan fingerprint density at radius 3 is 2.53 bits per heavy atom. The van der Waals surface area contributed by atoms with Gasteiger partial charge in [0.1, 0.15) is 0 Å². The summed E-state index contributed by atoms with van der Waals surface area (Å²) in [5, 5.41) is 8.29. The van der Waals surface area contributed by atoms with Crippen LogP contribution in [-0.2, 0) is 17.6 Å². The van der Waals surface area contributed by atoms with Crippen LogP contribution in [0.4, 0.5) is 4.79 Å². The molecule has 1 aromatic heterocycles. The standard InChI is InChI=1S/C22H31N6O2/c1-2-17-13-16(14-18-15-24-25-21(17)18)3-4-20(29)27-7-5-19(6-8-27)26-9-11-28(12-10-26)22(23)30/h4,13-15,19H,2-3,5-12H2,1H3,(H2,23,30)(H,24,25). The van der Waals surface area contributed by atoms with Gasteiger partial charge < -0.3 is 15.5 Å². The number of benzene rings is 1. The molecular formula is C22H31N6O2. The first-order valence-electron chi connectivity index (χ1n) is 10.9. The maximum absolute atomic E-state index is 12.7. The fourth-order valence-electron chi connectivity index (χ4n) is 4.69. The Kier molecular flexibility index (Phi) is 6.22. The number of carbonyl (C=O) groups excluding carboxylic acids is 2. The van der Waals surface area contributed by atoms with E-state index in [4.69, 9.17) is 5.73 Å². The summed E-state index contributed by atoms with van der Waals surface area (Å²) in [5.41, 5.74) is 8.84. The smallest absolute Gasteiger partial charge is 0.314 e. The Morgan fingerprint density at radius 1 is 1.13 bits per heavy atom. The van der Waals surface area contributed by atoms with Crippen LogP contribution in [-0.4, -0.2) is 82.1 Å². The molecule has 0 spiro atoms. The van der Waals surface area contributed by atoms with Crippen molar-refractivity contribution >= 4 is 22.8 Å². The van der Waals surface area contributed by atoms with Crippen LogP contribution in [0.2, 0.25) is 0 Å². The lowest BCUT2D eigenvalue weighted by Crippen LogP contribution is -2.55. The molecule has 2 fully saturated rings. The van der Waals surface area contributed by atoms with Gasteiger partial charge in [-0.2, -0.15) is 5.10 Å². The maximum atomic E-state index is 12.7. The number of nitrogens with one attached hydrogen (secondary N) is 1. The Labute approximate surface area is 177 Å². The van der Waals surface area contributed by atoms with E-state index in [9.17, 15) is 9.59 Å². The molecule has 1 radical (unpaired) electrons. The number of hydrogen-bond donors (Lipinski definition) is 2. The number of nitrogens with two attached hydrogens (primary N) is 1. The zero-order chi connectivity index (χ0) is 21.1. The van der Waals surface area contributed by atoms with Crippen LogP contribution in [0.5, 0.6) is 0 Å². The van der Waals surface area contributed by atoms with Crippen molar-refractivity contribution in [3.63, 3.8) is 0 Å². The lowest BCUT2D eigenvalue weighted by molar-refractivity contribution is -0.129. The molecule has 8 nitrogen and oxygen atoms in total. The van der Waals surface area contributed by atoms with E-state index in [-0.39, 0.29) is 11.9 Å². The summed E-state index contributed by atoms with van der Waals surface area (Å²) in [5.74, 6) is 0.123. The van der Waals surface area contributed by atoms with Gasteiger partial charge in [0.2, 0.25) is 5.91 Å². The highest BCUT2D eigenvalue weighted by atomic mass is 16.2. The largest absolute Gasteiger partial charge is 0.351 e. The van der Waals surface area contributed by atoms with Crippen LogP contribution in [0.3, 0.4) is 0 Å². The quantitative estimate of drug-likeness (QED) is 0.780. The molecule has 161 valence electrons. The average Bonchev–Trinajstić information content (AvgIpc) is 3.26. The number of H-pyrrole nitrogens is 1. The number of primary amides is 1. The fourth-order valence-corrected chi connectivity index (χ4v) is 4.69. The van der Waals surface area contributed by atoms with E-state index in [1.807, 2.05) is 17.5 Å². The lowest BCUT2D eigenvalue weighted by atomic mass is 10.00. The highest BCUT2D eigenvalue weighted by molar-refractivity contribution is 5.86. The first kappa shape index (κ1) is 20.7. The molecule has 0 atom stereocenters. The SMILES string of the molecule is CCc1cc(C[CH]C(=O)N2CCC(N3CCN(C(N)=O)CC3)CC2)cc2cn[nH]c12. The van der Waals surface area contributed by atoms with Gasteiger partial charge in [0.15, 0.2) is 0 Å². The number of piperidine rings is 1. The average molecular weight is 412 g/mol. The van der Waals surface area contributed by atoms with E-state index >= 15 is 0 Å². The summed E-state index contributed by atoms with van der Waals surface area (Å²) in [7, 11) is 0. The van der Waals surface area contributed by atoms with Crippen molar-refractivity contribution in [2.75, 3.05) is 39.3 Å². The summed E-state index contributed by atoms with van der Waals surface area (Å²) in [6.45, 7) is 6.83. The number of piperazine rings is 1. The normalized spacial score (nSPS) is 18.8. The van der Waals surface area contributed by atoms with E-state index in [1.54, 1.807) is 4.90 Å². The van der Waals surface area contributed by atoms with Crippen LogP contribution in [0.25, 0.3) is 10.9 Å². The van der Waals surface area contributed by atoms with Gasteiger partial charge in [0.25, 0.3) is 0 Å². The van der Waals surface area contributed by atoms with Crippen LogP contribution >= 0.6 is 0 Å². The van der Waals surface area contributed by atoms with Crippen molar-refractivity contribution in [2.24, 2.45) is 5.73 Å². The molecule has 2 aliphatic rings. The minimum atomic E-state index is -0.330. The molecule has 0 unspecified atom stereocenters. The van der Waals surface area contributed by atoms with Gasteiger partial charge in [0.05, 0.1) is 18.1 Å². The van der Waals surface area contributed by atoms with Gasteiger partial charge >= 0.3 is 6.03 Å². The molecule has 3 heterocycles. The first-order valence-corrected chi connectivity index (χ1v) is 10.9. The Bertz CT molecular complexity index is 894. The molecule has 1 aromatic carbocycles. The number of amides is 3. The van der Waals surface area contributed by atoms with Crippen molar-refractivity contribution in [3.8, 4) is 0 Å². The highest BCUT2D eigenvalue weighted by Crippen LogP contribution is 2.22. The van der Waals surface area contributed by atoms with Crippen molar-refractivity contribution in [1.82, 2.24) is 24.9 Å². The number of carbonyl (C=O) groups is 2. The van der Waals surface area contributed by atoms with Gasteiger partial charge in [0, 0.05) is 50.7 Å². The second kappa shape index (κ2) is 9.04. The number of aromatic amines is 1. The number of nitrogens with zero attached hydrogens (tertiary/aromatic N) is 4. The Morgan fingerprint density at radius 2 is 1.87 bits per heavy atom. The van der Waals surface area contributed by atoms with E-state index < -0.39 is 0 Å². The van der Waals surface area contributed by atoms with E-state index in [2.05, 4.69) is 34.2 Å². The summed E-state index contributed by atoms with van der Waals surface area (Å²) >= 11 is 0. The number of rotatable bonds is 5. The predicted molar refractivity (Wildman–Crippen MR) is 116 cm³/mol. The topological polar surface area (TPSA) is 98.6 Å². The van der Waals surface area contributed by atoms with E-state index in [0.29, 0.717) is 25.6 Å². The number of aryl methyl sites for hydroxylation is 1. The third-order valence-electron chi connectivity index (χ3n) is 6.50. The molecule has 2 aliphatic heterocycles. The fraction of sp³-hybridized carbons (Fsp3) is 0.545.